The minimum absolute atomic E-state index is 0.00447. The van der Waals surface area contributed by atoms with Gasteiger partial charge in [-0.05, 0) is 45.7 Å². The minimum Gasteiger partial charge on any atom is -0.331 e. The van der Waals surface area contributed by atoms with Crippen molar-refractivity contribution >= 4 is 22.6 Å². The predicted molar refractivity (Wildman–Crippen MR) is 94.7 cm³/mol. The summed E-state index contributed by atoms with van der Waals surface area (Å²) in [6.45, 7) is 5.24. The summed E-state index contributed by atoms with van der Waals surface area (Å²) < 4.78 is 2.10. The minimum atomic E-state index is 0.00447. The molecule has 1 aromatic heterocycles. The van der Waals surface area contributed by atoms with Crippen molar-refractivity contribution in [3.63, 3.8) is 0 Å². The van der Waals surface area contributed by atoms with Gasteiger partial charge in [0.25, 0.3) is 0 Å². The third kappa shape index (κ3) is 2.62. The smallest absolute Gasteiger partial charge is 0.185 e. The van der Waals surface area contributed by atoms with Crippen molar-refractivity contribution in [1.29, 1.82) is 0 Å². The molecule has 0 N–H and O–H groups in total. The van der Waals surface area contributed by atoms with E-state index in [4.69, 9.17) is 0 Å². The maximum absolute atomic E-state index is 12.5. The Balaban J connectivity index is 1.75. The summed E-state index contributed by atoms with van der Waals surface area (Å²) in [5.74, 6) is 1.03. The first kappa shape index (κ1) is 16.4. The summed E-state index contributed by atoms with van der Waals surface area (Å²) in [5.41, 5.74) is 4.54. The lowest BCUT2D eigenvalue weighted by atomic mass is 9.84. The van der Waals surface area contributed by atoms with E-state index in [1.807, 2.05) is 25.2 Å². The molecule has 0 saturated heterocycles. The number of carbonyl (C=O) groups is 2. The molecule has 4 nitrogen and oxygen atoms in total. The fourth-order valence-electron chi connectivity index (χ4n) is 3.30. The molecule has 0 spiro atoms. The van der Waals surface area contributed by atoms with Gasteiger partial charge in [-0.1, -0.05) is 12.1 Å². The van der Waals surface area contributed by atoms with Crippen LogP contribution >= 0.6 is 0 Å². The molecule has 0 radical (unpaired) electrons. The van der Waals surface area contributed by atoms with Crippen molar-refractivity contribution < 1.29 is 9.59 Å². The van der Waals surface area contributed by atoms with Gasteiger partial charge in [-0.3, -0.25) is 9.59 Å². The molecule has 0 amide bonds. The highest BCUT2D eigenvalue weighted by Crippen LogP contribution is 2.27. The van der Waals surface area contributed by atoms with Crippen LogP contribution in [0.4, 0.5) is 0 Å². The van der Waals surface area contributed by atoms with Gasteiger partial charge in [0.2, 0.25) is 0 Å². The van der Waals surface area contributed by atoms with E-state index in [1.165, 1.54) is 0 Å². The molecule has 4 heteroatoms. The van der Waals surface area contributed by atoms with Gasteiger partial charge < -0.3 is 4.57 Å². The molecule has 0 saturated carbocycles. The number of carbonyl (C=O) groups excluding carboxylic acids is 2. The molecule has 1 aromatic carbocycles. The van der Waals surface area contributed by atoms with Crippen molar-refractivity contribution in [3.05, 3.63) is 52.4 Å². The summed E-state index contributed by atoms with van der Waals surface area (Å²) in [6.07, 6.45) is 2.20. The third-order valence-electron chi connectivity index (χ3n) is 5.02. The Bertz CT molecular complexity index is 913. The quantitative estimate of drug-likeness (QED) is 0.807. The molecule has 3 rings (SSSR count). The highest BCUT2D eigenvalue weighted by atomic mass is 16.1. The first-order valence-corrected chi connectivity index (χ1v) is 8.28. The molecule has 1 aliphatic rings. The van der Waals surface area contributed by atoms with Gasteiger partial charge in [0.1, 0.15) is 5.82 Å². The van der Waals surface area contributed by atoms with Gasteiger partial charge in [-0.15, -0.1) is 0 Å². The molecule has 24 heavy (non-hydrogen) atoms. The second-order valence-electron chi connectivity index (χ2n) is 6.44. The number of Topliss-reactive ketones (excluding diaryl/α,β-unsaturated/α-hetero) is 2. The second kappa shape index (κ2) is 6.19. The first-order chi connectivity index (χ1) is 11.4. The molecule has 0 fully saturated rings. The van der Waals surface area contributed by atoms with Crippen LogP contribution in [0.25, 0.3) is 11.0 Å². The average molecular weight is 322 g/mol. The number of rotatable bonds is 4. The number of benzene rings is 1. The highest BCUT2D eigenvalue weighted by molar-refractivity contribution is 6.24. The Morgan fingerprint density at radius 1 is 0.917 bits per heavy atom. The van der Waals surface area contributed by atoms with Crippen molar-refractivity contribution in [1.82, 2.24) is 9.55 Å². The molecule has 1 heterocycles. The van der Waals surface area contributed by atoms with Gasteiger partial charge in [-0.2, -0.15) is 0 Å². The second-order valence-corrected chi connectivity index (χ2v) is 6.44. The number of fused-ring (bicyclic) bond motifs is 1. The van der Waals surface area contributed by atoms with E-state index in [-0.39, 0.29) is 11.6 Å². The standard InChI is InChI=1S/C20H22N2O2/c1-12-13(2)20(24)15(14(3)19(12)23)8-7-11-18-21-16-9-5-6-10-17(16)22(18)4/h5-6,9-10H,7-8,11H2,1-4H3. The van der Waals surface area contributed by atoms with E-state index in [2.05, 4.69) is 15.6 Å². The largest absolute Gasteiger partial charge is 0.331 e. The lowest BCUT2D eigenvalue weighted by molar-refractivity contribution is -0.116. The van der Waals surface area contributed by atoms with Gasteiger partial charge in [-0.25, -0.2) is 4.98 Å². The lowest BCUT2D eigenvalue weighted by Gasteiger charge is -2.18. The number of para-hydroxylation sites is 2. The molecule has 1 aliphatic carbocycles. The van der Waals surface area contributed by atoms with Crippen LogP contribution in [0.3, 0.4) is 0 Å². The Morgan fingerprint density at radius 3 is 2.29 bits per heavy atom. The molecular formula is C20H22N2O2. The zero-order valence-electron chi connectivity index (χ0n) is 14.6. The SMILES string of the molecule is CC1=C(C)C(=O)C(CCCc2nc3ccccc3n2C)=C(C)C1=O. The Hall–Kier alpha value is -2.49. The van der Waals surface area contributed by atoms with E-state index < -0.39 is 0 Å². The summed E-state index contributed by atoms with van der Waals surface area (Å²) in [5, 5.41) is 0. The van der Waals surface area contributed by atoms with Gasteiger partial charge in [0.05, 0.1) is 11.0 Å². The van der Waals surface area contributed by atoms with E-state index in [1.54, 1.807) is 20.8 Å². The van der Waals surface area contributed by atoms with Crippen molar-refractivity contribution in [2.75, 3.05) is 0 Å². The molecular weight excluding hydrogens is 300 g/mol. The Labute approximate surface area is 141 Å². The Kier molecular flexibility index (Phi) is 4.22. The monoisotopic (exact) mass is 322 g/mol. The molecule has 0 atom stereocenters. The lowest BCUT2D eigenvalue weighted by Crippen LogP contribution is -2.20. The summed E-state index contributed by atoms with van der Waals surface area (Å²) in [4.78, 5) is 29.3. The van der Waals surface area contributed by atoms with Crippen LogP contribution in [-0.2, 0) is 23.1 Å². The number of allylic oxidation sites excluding steroid dienone is 4. The van der Waals surface area contributed by atoms with Gasteiger partial charge in [0, 0.05) is 35.8 Å². The van der Waals surface area contributed by atoms with Crippen molar-refractivity contribution in [2.45, 2.75) is 40.0 Å². The number of hydrogen-bond acceptors (Lipinski definition) is 3. The Morgan fingerprint density at radius 2 is 1.58 bits per heavy atom. The van der Waals surface area contributed by atoms with Crippen LogP contribution in [0, 0.1) is 0 Å². The molecule has 0 unspecified atom stereocenters. The van der Waals surface area contributed by atoms with Crippen molar-refractivity contribution in [2.24, 2.45) is 7.05 Å². The first-order valence-electron chi connectivity index (χ1n) is 8.28. The highest BCUT2D eigenvalue weighted by Gasteiger charge is 2.27. The number of hydrogen-bond donors (Lipinski definition) is 0. The zero-order chi connectivity index (χ0) is 17.4. The van der Waals surface area contributed by atoms with Crippen LogP contribution < -0.4 is 0 Å². The van der Waals surface area contributed by atoms with E-state index >= 15 is 0 Å². The third-order valence-corrected chi connectivity index (χ3v) is 5.02. The molecule has 2 aromatic rings. The summed E-state index contributed by atoms with van der Waals surface area (Å²) in [6, 6.07) is 8.05. The van der Waals surface area contributed by atoms with Crippen LogP contribution in [0.15, 0.2) is 46.6 Å². The van der Waals surface area contributed by atoms with Gasteiger partial charge >= 0.3 is 0 Å². The normalized spacial score (nSPS) is 15.8. The number of imidazole rings is 1. The maximum atomic E-state index is 12.5. The van der Waals surface area contributed by atoms with Crippen molar-refractivity contribution in [3.8, 4) is 0 Å². The average Bonchev–Trinajstić information content (AvgIpc) is 2.91. The fraction of sp³-hybridized carbons (Fsp3) is 0.350. The predicted octanol–water partition coefficient (Wildman–Crippen LogP) is 3.70. The van der Waals surface area contributed by atoms with E-state index in [0.29, 0.717) is 28.7 Å². The van der Waals surface area contributed by atoms with Gasteiger partial charge in [0.15, 0.2) is 11.6 Å². The maximum Gasteiger partial charge on any atom is 0.185 e. The number of aromatic nitrogens is 2. The number of nitrogens with zero attached hydrogens (tertiary/aromatic N) is 2. The van der Waals surface area contributed by atoms with Crippen LogP contribution in [-0.4, -0.2) is 21.1 Å². The van der Waals surface area contributed by atoms with Crippen LogP contribution in [0.1, 0.15) is 39.4 Å². The molecule has 124 valence electrons. The van der Waals surface area contributed by atoms with Crippen LogP contribution in [0.5, 0.6) is 0 Å². The molecule has 0 bridgehead atoms. The zero-order valence-corrected chi connectivity index (χ0v) is 14.6. The number of aryl methyl sites for hydroxylation is 2. The van der Waals surface area contributed by atoms with E-state index in [9.17, 15) is 9.59 Å². The molecule has 0 aliphatic heterocycles. The van der Waals surface area contributed by atoms with E-state index in [0.717, 1.165) is 29.7 Å². The summed E-state index contributed by atoms with van der Waals surface area (Å²) in [7, 11) is 2.01. The number of ketones is 2. The summed E-state index contributed by atoms with van der Waals surface area (Å²) >= 11 is 0. The van der Waals surface area contributed by atoms with Crippen LogP contribution in [0.2, 0.25) is 0 Å². The fourth-order valence-corrected chi connectivity index (χ4v) is 3.30. The topological polar surface area (TPSA) is 52.0 Å².